The summed E-state index contributed by atoms with van der Waals surface area (Å²) < 4.78 is 1.96. The Morgan fingerprint density at radius 2 is 2.15 bits per heavy atom. The van der Waals surface area contributed by atoms with Gasteiger partial charge in [0.25, 0.3) is 0 Å². The molecule has 1 aromatic heterocycles. The molecule has 0 saturated heterocycles. The number of hydrogen-bond acceptors (Lipinski definition) is 1. The van der Waals surface area contributed by atoms with Gasteiger partial charge in [-0.15, -0.1) is 0 Å². The Morgan fingerprint density at radius 1 is 1.38 bits per heavy atom. The molecule has 1 heterocycles. The Kier molecular flexibility index (Phi) is 2.02. The van der Waals surface area contributed by atoms with Crippen molar-refractivity contribution in [3.05, 3.63) is 30.1 Å². The zero-order chi connectivity index (χ0) is 9.26. The lowest BCUT2D eigenvalue weighted by molar-refractivity contribution is 0.166. The lowest BCUT2D eigenvalue weighted by atomic mass is 10.3. The molecule has 0 spiro atoms. The number of aryl methyl sites for hydroxylation is 1. The number of benzene rings is 1. The van der Waals surface area contributed by atoms with Gasteiger partial charge in [0, 0.05) is 6.54 Å². The second-order valence-electron chi connectivity index (χ2n) is 2.91. The van der Waals surface area contributed by atoms with E-state index in [1.165, 1.54) is 0 Å². The van der Waals surface area contributed by atoms with Crippen LogP contribution in [0.1, 0.15) is 12.7 Å². The van der Waals surface area contributed by atoms with Gasteiger partial charge in [0.2, 0.25) is 0 Å². The van der Waals surface area contributed by atoms with E-state index in [0.717, 1.165) is 17.6 Å². The van der Waals surface area contributed by atoms with E-state index < -0.39 is 0 Å². The van der Waals surface area contributed by atoms with Crippen LogP contribution in [0.3, 0.4) is 0 Å². The van der Waals surface area contributed by atoms with Crippen LogP contribution in [0.5, 0.6) is 0 Å². The first-order chi connectivity index (χ1) is 6.36. The first kappa shape index (κ1) is 8.26. The van der Waals surface area contributed by atoms with Gasteiger partial charge in [-0.25, -0.2) is 10.1 Å². The molecule has 3 nitrogen and oxygen atoms in total. The van der Waals surface area contributed by atoms with E-state index in [1.807, 2.05) is 35.8 Å². The Morgan fingerprint density at radius 3 is 2.85 bits per heavy atom. The van der Waals surface area contributed by atoms with Gasteiger partial charge >= 0.3 is 0 Å². The molecule has 0 aliphatic carbocycles. The third kappa shape index (κ3) is 1.21. The summed E-state index contributed by atoms with van der Waals surface area (Å²) in [5.74, 6) is 0.628. The van der Waals surface area contributed by atoms with Crippen molar-refractivity contribution in [3.8, 4) is 0 Å². The fourth-order valence-corrected chi connectivity index (χ4v) is 1.59. The van der Waals surface area contributed by atoms with Crippen molar-refractivity contribution in [1.29, 1.82) is 0 Å². The van der Waals surface area contributed by atoms with Gasteiger partial charge < -0.3 is 4.57 Å². The highest BCUT2D eigenvalue weighted by molar-refractivity contribution is 5.75. The highest BCUT2D eigenvalue weighted by Crippen LogP contribution is 2.15. The number of imidazole rings is 1. The van der Waals surface area contributed by atoms with Crippen molar-refractivity contribution in [2.24, 2.45) is 0 Å². The van der Waals surface area contributed by atoms with Crippen LogP contribution in [0.4, 0.5) is 0 Å². The number of fused-ring (bicyclic) bond motifs is 1. The molecule has 0 unspecified atom stereocenters. The number of rotatable bonds is 2. The predicted molar refractivity (Wildman–Crippen MR) is 49.8 cm³/mol. The third-order valence-corrected chi connectivity index (χ3v) is 2.18. The van der Waals surface area contributed by atoms with Gasteiger partial charge in [0.15, 0.2) is 0 Å². The topological polar surface area (TPSA) is 37.7 Å². The van der Waals surface area contributed by atoms with Gasteiger partial charge in [-0.2, -0.15) is 0 Å². The van der Waals surface area contributed by atoms with Crippen molar-refractivity contribution in [2.75, 3.05) is 0 Å². The summed E-state index contributed by atoms with van der Waals surface area (Å²) in [6.07, 6.45) is 0. The van der Waals surface area contributed by atoms with Crippen molar-refractivity contribution >= 4 is 11.0 Å². The van der Waals surface area contributed by atoms with Crippen LogP contribution in [0, 0.1) is 0 Å². The first-order valence-electron chi connectivity index (χ1n) is 4.39. The maximum atomic E-state index is 10.8. The molecule has 1 radical (unpaired) electrons. The summed E-state index contributed by atoms with van der Waals surface area (Å²) in [7, 11) is 0. The fourth-order valence-electron chi connectivity index (χ4n) is 1.59. The Hall–Kier alpha value is -1.35. The minimum Gasteiger partial charge on any atom is -0.326 e. The zero-order valence-corrected chi connectivity index (χ0v) is 7.53. The summed E-state index contributed by atoms with van der Waals surface area (Å²) in [6.45, 7) is 2.58. The molecule has 0 atom stereocenters. The van der Waals surface area contributed by atoms with Crippen molar-refractivity contribution in [1.82, 2.24) is 9.55 Å². The fraction of sp³-hybridized carbons (Fsp3) is 0.300. The molecule has 1 aromatic carbocycles. The molecule has 0 bridgehead atoms. The molecule has 0 amide bonds. The van der Waals surface area contributed by atoms with Crippen LogP contribution >= 0.6 is 0 Å². The van der Waals surface area contributed by atoms with E-state index in [-0.39, 0.29) is 6.61 Å². The number of hydrogen-bond donors (Lipinski definition) is 0. The molecule has 0 aliphatic rings. The maximum absolute atomic E-state index is 10.8. The van der Waals surface area contributed by atoms with Gasteiger partial charge in [0.1, 0.15) is 12.4 Å². The average Bonchev–Trinajstić information content (AvgIpc) is 2.55. The highest BCUT2D eigenvalue weighted by Gasteiger charge is 2.06. The minimum absolute atomic E-state index is 0.248. The predicted octanol–water partition coefficient (Wildman–Crippen LogP) is 1.99. The summed E-state index contributed by atoms with van der Waals surface area (Å²) in [6, 6.07) is 7.82. The zero-order valence-electron chi connectivity index (χ0n) is 7.53. The normalized spacial score (nSPS) is 10.9. The summed E-state index contributed by atoms with van der Waals surface area (Å²) in [5, 5.41) is 10.8. The average molecular weight is 175 g/mol. The molecule has 0 saturated carbocycles. The van der Waals surface area contributed by atoms with E-state index in [0.29, 0.717) is 5.82 Å². The second kappa shape index (κ2) is 3.18. The van der Waals surface area contributed by atoms with Crippen LogP contribution in [0.25, 0.3) is 11.0 Å². The molecule has 67 valence electrons. The second-order valence-corrected chi connectivity index (χ2v) is 2.91. The molecule has 0 fully saturated rings. The minimum atomic E-state index is -0.248. The Labute approximate surface area is 76.6 Å². The number of nitrogens with zero attached hydrogens (tertiary/aromatic N) is 2. The van der Waals surface area contributed by atoms with E-state index in [4.69, 9.17) is 0 Å². The largest absolute Gasteiger partial charge is 0.326 e. The van der Waals surface area contributed by atoms with Gasteiger partial charge in [-0.1, -0.05) is 12.1 Å². The van der Waals surface area contributed by atoms with Crippen LogP contribution in [0.15, 0.2) is 24.3 Å². The maximum Gasteiger partial charge on any atom is 0.140 e. The van der Waals surface area contributed by atoms with Crippen LogP contribution in [-0.2, 0) is 18.3 Å². The Balaban J connectivity index is 2.73. The van der Waals surface area contributed by atoms with E-state index in [2.05, 4.69) is 4.98 Å². The summed E-state index contributed by atoms with van der Waals surface area (Å²) in [5.41, 5.74) is 1.96. The van der Waals surface area contributed by atoms with E-state index >= 15 is 0 Å². The smallest absolute Gasteiger partial charge is 0.140 e. The molecular weight excluding hydrogens is 164 g/mol. The standard InChI is InChI=1S/C10H11N2O/c1-2-12-9-6-4-3-5-8(9)11-10(12)7-13/h3-6H,2,7H2,1H3. The summed E-state index contributed by atoms with van der Waals surface area (Å²) in [4.78, 5) is 4.25. The molecule has 13 heavy (non-hydrogen) atoms. The Bertz CT molecular complexity index is 420. The number of para-hydroxylation sites is 2. The van der Waals surface area contributed by atoms with Crippen LogP contribution in [0.2, 0.25) is 0 Å². The monoisotopic (exact) mass is 175 g/mol. The van der Waals surface area contributed by atoms with Crippen LogP contribution < -0.4 is 0 Å². The van der Waals surface area contributed by atoms with E-state index in [1.54, 1.807) is 0 Å². The highest BCUT2D eigenvalue weighted by atomic mass is 16.3. The molecule has 0 aliphatic heterocycles. The molecule has 2 aromatic rings. The number of aromatic nitrogens is 2. The van der Waals surface area contributed by atoms with Gasteiger partial charge in [-0.3, -0.25) is 0 Å². The lowest BCUT2D eigenvalue weighted by Crippen LogP contribution is -2.00. The lowest BCUT2D eigenvalue weighted by Gasteiger charge is -2.01. The van der Waals surface area contributed by atoms with Crippen molar-refractivity contribution < 1.29 is 5.11 Å². The molecular formula is C10H11N2O. The first-order valence-corrected chi connectivity index (χ1v) is 4.39. The third-order valence-electron chi connectivity index (χ3n) is 2.18. The molecule has 3 heteroatoms. The SMILES string of the molecule is CCn1c(C[O])nc2ccccc21. The van der Waals surface area contributed by atoms with E-state index in [9.17, 15) is 5.11 Å². The van der Waals surface area contributed by atoms with Crippen LogP contribution in [-0.4, -0.2) is 9.55 Å². The van der Waals surface area contributed by atoms with Gasteiger partial charge in [-0.05, 0) is 19.1 Å². The van der Waals surface area contributed by atoms with Gasteiger partial charge in [0.05, 0.1) is 11.0 Å². The summed E-state index contributed by atoms with van der Waals surface area (Å²) >= 11 is 0. The molecule has 2 rings (SSSR count). The molecule has 0 N–H and O–H groups in total. The quantitative estimate of drug-likeness (QED) is 0.687. The van der Waals surface area contributed by atoms with Crippen molar-refractivity contribution in [3.63, 3.8) is 0 Å². The van der Waals surface area contributed by atoms with Crippen molar-refractivity contribution in [2.45, 2.75) is 20.1 Å².